The molecular weight excluding hydrogens is 473 g/mol. The van der Waals surface area contributed by atoms with Crippen LogP contribution in [-0.4, -0.2) is 46.4 Å². The Morgan fingerprint density at radius 3 is 3.03 bits per heavy atom. The number of nitrogens with zero attached hydrogens (tertiary/aromatic N) is 1. The Morgan fingerprint density at radius 1 is 1.29 bits per heavy atom. The molecule has 0 aliphatic carbocycles. The van der Waals surface area contributed by atoms with E-state index < -0.39 is 11.9 Å². The van der Waals surface area contributed by atoms with Crippen LogP contribution in [0.15, 0.2) is 62.5 Å². The third-order valence-corrected chi connectivity index (χ3v) is 6.79. The summed E-state index contributed by atoms with van der Waals surface area (Å²) in [4.78, 5) is 36.0. The minimum absolute atomic E-state index is 0.0433. The second kappa shape index (κ2) is 8.43. The van der Waals surface area contributed by atoms with Crippen molar-refractivity contribution in [2.24, 2.45) is 0 Å². The number of furan rings is 1. The zero-order valence-electron chi connectivity index (χ0n) is 18.5. The molecule has 9 nitrogen and oxygen atoms in total. The van der Waals surface area contributed by atoms with E-state index in [0.29, 0.717) is 56.2 Å². The summed E-state index contributed by atoms with van der Waals surface area (Å²) in [7, 11) is 0. The van der Waals surface area contributed by atoms with E-state index in [1.54, 1.807) is 25.3 Å². The zero-order valence-corrected chi connectivity index (χ0v) is 19.3. The average Bonchev–Trinajstić information content (AvgIpc) is 3.56. The summed E-state index contributed by atoms with van der Waals surface area (Å²) in [5.41, 5.74) is 4.16. The highest BCUT2D eigenvalue weighted by Crippen LogP contribution is 2.45. The fourth-order valence-corrected chi connectivity index (χ4v) is 5.29. The van der Waals surface area contributed by atoms with Crippen molar-refractivity contribution >= 4 is 40.2 Å². The van der Waals surface area contributed by atoms with Gasteiger partial charge in [0, 0.05) is 29.6 Å². The number of carbonyl (C=O) groups is 2. The maximum Gasteiger partial charge on any atom is 0.356 e. The fourth-order valence-electron chi connectivity index (χ4n) is 4.52. The van der Waals surface area contributed by atoms with Gasteiger partial charge in [-0.2, -0.15) is 0 Å². The monoisotopic (exact) mass is 493 g/mol. The Balaban J connectivity index is 1.37. The second-order valence-electron chi connectivity index (χ2n) is 8.15. The number of imidazole rings is 1. The third-order valence-electron chi connectivity index (χ3n) is 5.98. The van der Waals surface area contributed by atoms with Crippen molar-refractivity contribution in [3.8, 4) is 0 Å². The highest BCUT2D eigenvalue weighted by Gasteiger charge is 2.39. The Kier molecular flexibility index (Phi) is 5.23. The highest BCUT2D eigenvalue weighted by molar-refractivity contribution is 7.99. The van der Waals surface area contributed by atoms with Crippen LogP contribution >= 0.6 is 11.8 Å². The number of fused-ring (bicyclic) bond motifs is 2. The summed E-state index contributed by atoms with van der Waals surface area (Å²) in [6.45, 7) is 2.67. The van der Waals surface area contributed by atoms with Gasteiger partial charge < -0.3 is 29.8 Å². The molecule has 6 rings (SSSR count). The number of aromatic nitrogens is 3. The van der Waals surface area contributed by atoms with Crippen molar-refractivity contribution in [3.63, 3.8) is 0 Å². The Morgan fingerprint density at radius 2 is 2.17 bits per heavy atom. The highest BCUT2D eigenvalue weighted by atomic mass is 32.2. The number of carbonyl (C=O) groups excluding carboxylic acids is 2. The molecule has 0 spiro atoms. The second-order valence-corrected chi connectivity index (χ2v) is 9.15. The molecule has 2 aliphatic heterocycles. The van der Waals surface area contributed by atoms with Gasteiger partial charge in [0.2, 0.25) is 0 Å². The maximum atomic E-state index is 13.5. The molecule has 0 amide bonds. The fraction of sp³-hybridized carbons (Fsp3) is 0.208. The Bertz CT molecular complexity index is 1520. The van der Waals surface area contributed by atoms with Crippen molar-refractivity contribution in [3.05, 3.63) is 70.6 Å². The number of aromatic amines is 2. The molecule has 0 fully saturated rings. The van der Waals surface area contributed by atoms with E-state index >= 15 is 0 Å². The van der Waals surface area contributed by atoms with Crippen LogP contribution in [0.2, 0.25) is 0 Å². The smallest absolute Gasteiger partial charge is 0.356 e. The Labute approximate surface area is 202 Å². The normalized spacial score (nSPS) is 17.3. The summed E-state index contributed by atoms with van der Waals surface area (Å²) in [5.74, 6) is -0.789. The molecule has 4 aromatic rings. The standard InChI is InChI=1S/C24H20FN5O4S/c1-2-33-23(32)22-21-12(8-27-22)19(20-15(28-21)9-26-10-16(20)31)17-5-6-18(34-17)35-24-29-13-4-3-11(25)7-14(13)30-24/h3-8,19,26-28H,2,9-10H2,1H3,(H,29,30). The molecule has 0 bridgehead atoms. The molecule has 1 aromatic carbocycles. The van der Waals surface area contributed by atoms with Crippen molar-refractivity contribution in [2.45, 2.75) is 23.1 Å². The van der Waals surface area contributed by atoms with Crippen LogP contribution in [0.4, 0.5) is 10.1 Å². The maximum absolute atomic E-state index is 13.5. The number of H-pyrrole nitrogens is 2. The van der Waals surface area contributed by atoms with E-state index in [2.05, 4.69) is 25.6 Å². The van der Waals surface area contributed by atoms with Gasteiger partial charge in [0.05, 0.1) is 35.8 Å². The quantitative estimate of drug-likeness (QED) is 0.308. The Hall–Kier alpha value is -3.83. The van der Waals surface area contributed by atoms with Crippen LogP contribution in [0.1, 0.15) is 34.7 Å². The van der Waals surface area contributed by atoms with E-state index in [1.807, 2.05) is 6.07 Å². The number of benzene rings is 1. The lowest BCUT2D eigenvalue weighted by atomic mass is 9.82. The molecule has 1 atom stereocenters. The summed E-state index contributed by atoms with van der Waals surface area (Å²) >= 11 is 1.27. The largest absolute Gasteiger partial charge is 0.461 e. The van der Waals surface area contributed by atoms with Crippen LogP contribution in [0, 0.1) is 5.82 Å². The number of halogens is 1. The van der Waals surface area contributed by atoms with Gasteiger partial charge in [0.25, 0.3) is 0 Å². The van der Waals surface area contributed by atoms with E-state index in [0.717, 1.165) is 5.56 Å². The SMILES string of the molecule is CCOC(=O)c1[nH]cc2c1NC1=C(C(=O)CNC1)C2c1ccc(Sc2nc3ccc(F)cc3[nH]2)o1. The van der Waals surface area contributed by atoms with E-state index in [1.165, 1.54) is 23.9 Å². The molecule has 0 radical (unpaired) electrons. The summed E-state index contributed by atoms with van der Waals surface area (Å²) in [6, 6.07) is 7.99. The number of ether oxygens (including phenoxy) is 1. The van der Waals surface area contributed by atoms with Gasteiger partial charge in [-0.05, 0) is 49.0 Å². The zero-order chi connectivity index (χ0) is 24.1. The molecule has 178 valence electrons. The van der Waals surface area contributed by atoms with Gasteiger partial charge in [-0.15, -0.1) is 0 Å². The van der Waals surface area contributed by atoms with E-state index in [4.69, 9.17) is 9.15 Å². The van der Waals surface area contributed by atoms with Crippen LogP contribution in [0.5, 0.6) is 0 Å². The minimum Gasteiger partial charge on any atom is -0.461 e. The molecule has 5 heterocycles. The average molecular weight is 494 g/mol. The van der Waals surface area contributed by atoms with Gasteiger partial charge in [0.15, 0.2) is 16.0 Å². The topological polar surface area (TPSA) is 125 Å². The first-order valence-corrected chi connectivity index (χ1v) is 11.9. The predicted molar refractivity (Wildman–Crippen MR) is 126 cm³/mol. The van der Waals surface area contributed by atoms with Crippen molar-refractivity contribution in [2.75, 3.05) is 25.0 Å². The van der Waals surface area contributed by atoms with Gasteiger partial charge in [-0.1, -0.05) is 0 Å². The van der Waals surface area contributed by atoms with E-state index in [9.17, 15) is 14.0 Å². The first kappa shape index (κ1) is 21.7. The van der Waals surface area contributed by atoms with Crippen LogP contribution in [-0.2, 0) is 9.53 Å². The lowest BCUT2D eigenvalue weighted by molar-refractivity contribution is -0.115. The number of hydrogen-bond acceptors (Lipinski definition) is 8. The summed E-state index contributed by atoms with van der Waals surface area (Å²) in [6.07, 6.45) is 1.71. The molecular formula is C24H20FN5O4S. The first-order valence-electron chi connectivity index (χ1n) is 11.1. The lowest BCUT2D eigenvalue weighted by Crippen LogP contribution is -2.39. The van der Waals surface area contributed by atoms with Crippen molar-refractivity contribution in [1.29, 1.82) is 0 Å². The summed E-state index contributed by atoms with van der Waals surface area (Å²) < 4.78 is 24.9. The van der Waals surface area contributed by atoms with Crippen LogP contribution in [0.3, 0.4) is 0 Å². The first-order chi connectivity index (χ1) is 17.0. The molecule has 4 N–H and O–H groups in total. The number of rotatable bonds is 5. The molecule has 35 heavy (non-hydrogen) atoms. The number of nitrogens with one attached hydrogen (secondary N) is 4. The molecule has 11 heteroatoms. The lowest BCUT2D eigenvalue weighted by Gasteiger charge is -2.31. The molecule has 2 aliphatic rings. The molecule has 0 saturated carbocycles. The minimum atomic E-state index is -0.491. The van der Waals surface area contributed by atoms with Crippen molar-refractivity contribution in [1.82, 2.24) is 20.3 Å². The van der Waals surface area contributed by atoms with Gasteiger partial charge in [-0.3, -0.25) is 4.79 Å². The number of ketones is 1. The number of Topliss-reactive ketones (excluding diaryl/α,β-unsaturated/α-hetero) is 1. The molecule has 1 unspecified atom stereocenters. The van der Waals surface area contributed by atoms with Gasteiger partial charge >= 0.3 is 5.97 Å². The molecule has 3 aromatic heterocycles. The van der Waals surface area contributed by atoms with Gasteiger partial charge in [0.1, 0.15) is 17.3 Å². The number of esters is 1. The van der Waals surface area contributed by atoms with E-state index in [-0.39, 0.29) is 24.8 Å². The number of hydrogen-bond donors (Lipinski definition) is 4. The van der Waals surface area contributed by atoms with Crippen LogP contribution in [0.25, 0.3) is 11.0 Å². The van der Waals surface area contributed by atoms with Crippen molar-refractivity contribution < 1.29 is 23.1 Å². The number of anilines is 1. The molecule has 0 saturated heterocycles. The van der Waals surface area contributed by atoms with Crippen LogP contribution < -0.4 is 10.6 Å². The van der Waals surface area contributed by atoms with Gasteiger partial charge in [-0.25, -0.2) is 14.2 Å². The third kappa shape index (κ3) is 3.72. The predicted octanol–water partition coefficient (Wildman–Crippen LogP) is 3.93. The summed E-state index contributed by atoms with van der Waals surface area (Å²) in [5, 5.41) is 7.46.